The summed E-state index contributed by atoms with van der Waals surface area (Å²) in [5, 5.41) is 9.31. The van der Waals surface area contributed by atoms with Gasteiger partial charge in [-0.1, -0.05) is 0 Å². The van der Waals surface area contributed by atoms with Crippen LogP contribution in [0.3, 0.4) is 0 Å². The summed E-state index contributed by atoms with van der Waals surface area (Å²) in [6, 6.07) is 8.66. The summed E-state index contributed by atoms with van der Waals surface area (Å²) in [6.07, 6.45) is 0. The van der Waals surface area contributed by atoms with Crippen molar-refractivity contribution in [3.63, 3.8) is 0 Å². The lowest BCUT2D eigenvalue weighted by Gasteiger charge is -2.06. The summed E-state index contributed by atoms with van der Waals surface area (Å²) in [6.45, 7) is 4.72. The van der Waals surface area contributed by atoms with E-state index in [1.54, 1.807) is 0 Å². The van der Waals surface area contributed by atoms with Crippen molar-refractivity contribution in [3.05, 3.63) is 45.8 Å². The van der Waals surface area contributed by atoms with Gasteiger partial charge in [0.1, 0.15) is 21.5 Å². The van der Waals surface area contributed by atoms with Crippen molar-refractivity contribution >= 4 is 20.9 Å². The van der Waals surface area contributed by atoms with Gasteiger partial charge in [0.05, 0.1) is 0 Å². The molecule has 2 heteroatoms. The molecular formula is C11H14S2+2. The Hall–Kier alpha value is -0.600. The van der Waals surface area contributed by atoms with Crippen molar-refractivity contribution in [2.24, 2.45) is 0 Å². The van der Waals surface area contributed by atoms with E-state index in [4.69, 9.17) is 0 Å². The van der Waals surface area contributed by atoms with Crippen LogP contribution >= 0.6 is 20.9 Å². The van der Waals surface area contributed by atoms with E-state index in [1.807, 2.05) is 0 Å². The smallest absolute Gasteiger partial charge is 0.00501 e. The summed E-state index contributed by atoms with van der Waals surface area (Å²) < 4.78 is 0.368. The maximum Gasteiger partial charge on any atom is 0.307 e. The summed E-state index contributed by atoms with van der Waals surface area (Å²) in [7, 11) is 0.643. The molecule has 2 heterocycles. The van der Waals surface area contributed by atoms with Crippen molar-refractivity contribution < 1.29 is 0 Å². The lowest BCUT2D eigenvalue weighted by Crippen LogP contribution is -2.03. The van der Waals surface area contributed by atoms with Gasteiger partial charge in [-0.05, 0) is 24.3 Å². The number of hydrogen-bond donors (Lipinski definition) is 0. The Labute approximate surface area is 84.8 Å². The van der Waals surface area contributed by atoms with E-state index >= 15 is 0 Å². The molecular weight excluding hydrogens is 196 g/mol. The molecule has 0 aliphatic carbocycles. The number of rotatable bonds is 2. The fraction of sp³-hybridized carbons (Fsp3) is 0.273. The Morgan fingerprint density at radius 1 is 0.692 bits per heavy atom. The largest absolute Gasteiger partial charge is 0.307 e. The minimum Gasteiger partial charge on any atom is -0.00501 e. The minimum absolute atomic E-state index is 0.321. The van der Waals surface area contributed by atoms with E-state index in [9.17, 15) is 0 Å². The molecule has 0 amide bonds. The molecule has 0 nitrogen and oxygen atoms in total. The third kappa shape index (κ3) is 1.56. The first kappa shape index (κ1) is 8.97. The average molecular weight is 210 g/mol. The van der Waals surface area contributed by atoms with Crippen molar-refractivity contribution in [2.45, 2.75) is 17.9 Å². The zero-order valence-corrected chi connectivity index (χ0v) is 9.57. The first-order chi connectivity index (χ1) is 6.21. The second-order valence-electron chi connectivity index (χ2n) is 3.46. The highest BCUT2D eigenvalue weighted by Crippen LogP contribution is 2.49. The first-order valence-electron chi connectivity index (χ1n) is 4.35. The normalized spacial score (nSPS) is 11.8. The van der Waals surface area contributed by atoms with Crippen LogP contribution in [0.4, 0.5) is 0 Å². The molecule has 0 unspecified atom stereocenters. The van der Waals surface area contributed by atoms with Gasteiger partial charge in [0.15, 0.2) is 0 Å². The van der Waals surface area contributed by atoms with E-state index in [1.165, 1.54) is 0 Å². The molecule has 13 heavy (non-hydrogen) atoms. The summed E-state index contributed by atoms with van der Waals surface area (Å²) in [5.74, 6) is 0. The van der Waals surface area contributed by atoms with Gasteiger partial charge in [-0.2, -0.15) is 0 Å². The molecule has 2 aromatic rings. The SMILES string of the molecule is CC(C)([s+]1cccc1)[s+]1cccc1. The number of thiophene rings is 2. The standard InChI is InChI=1S/C11H14S2/c1-11(2,12-7-3-4-8-12)13-9-5-6-10-13/h3-10H,1-2H3/q+2. The predicted molar refractivity (Wildman–Crippen MR) is 62.6 cm³/mol. The van der Waals surface area contributed by atoms with Crippen LogP contribution in [0.5, 0.6) is 0 Å². The Morgan fingerprint density at radius 3 is 1.31 bits per heavy atom. The van der Waals surface area contributed by atoms with E-state index in [-0.39, 0.29) is 0 Å². The highest BCUT2D eigenvalue weighted by Gasteiger charge is 2.40. The van der Waals surface area contributed by atoms with Crippen molar-refractivity contribution in [1.29, 1.82) is 0 Å². The van der Waals surface area contributed by atoms with Crippen LogP contribution in [0.1, 0.15) is 13.8 Å². The highest BCUT2D eigenvalue weighted by atomic mass is 32.2. The second-order valence-corrected chi connectivity index (χ2v) is 8.33. The van der Waals surface area contributed by atoms with E-state index in [0.29, 0.717) is 25.0 Å². The van der Waals surface area contributed by atoms with E-state index in [0.717, 1.165) is 0 Å². The lowest BCUT2D eigenvalue weighted by atomic mass is 10.5. The van der Waals surface area contributed by atoms with Gasteiger partial charge in [-0.15, -0.1) is 0 Å². The van der Waals surface area contributed by atoms with Crippen LogP contribution in [0.2, 0.25) is 0 Å². The van der Waals surface area contributed by atoms with Gasteiger partial charge in [0, 0.05) is 34.8 Å². The van der Waals surface area contributed by atoms with Crippen LogP contribution in [0, 0.1) is 0 Å². The maximum atomic E-state index is 2.36. The van der Waals surface area contributed by atoms with Crippen molar-refractivity contribution in [2.75, 3.05) is 0 Å². The summed E-state index contributed by atoms with van der Waals surface area (Å²) >= 11 is 0. The summed E-state index contributed by atoms with van der Waals surface area (Å²) in [4.78, 5) is 0. The molecule has 0 radical (unpaired) electrons. The third-order valence-corrected chi connectivity index (χ3v) is 7.48. The molecule has 0 atom stereocenters. The van der Waals surface area contributed by atoms with Crippen LogP contribution in [-0.2, 0) is 4.08 Å². The Kier molecular flexibility index (Phi) is 2.26. The molecule has 0 N–H and O–H groups in total. The average Bonchev–Trinajstić information content (AvgIpc) is 2.78. The zero-order valence-electron chi connectivity index (χ0n) is 7.94. The fourth-order valence-corrected chi connectivity index (χ4v) is 5.47. The topological polar surface area (TPSA) is 0 Å². The Bertz CT molecular complexity index is 318. The lowest BCUT2D eigenvalue weighted by molar-refractivity contribution is 0.924. The van der Waals surface area contributed by atoms with Gasteiger partial charge in [0.2, 0.25) is 0 Å². The van der Waals surface area contributed by atoms with Gasteiger partial charge < -0.3 is 0 Å². The summed E-state index contributed by atoms with van der Waals surface area (Å²) in [5.41, 5.74) is 0. The minimum atomic E-state index is 0.321. The molecule has 0 aromatic carbocycles. The van der Waals surface area contributed by atoms with Crippen LogP contribution < -0.4 is 0 Å². The molecule has 0 saturated heterocycles. The van der Waals surface area contributed by atoms with Gasteiger partial charge in [-0.25, -0.2) is 0 Å². The molecule has 68 valence electrons. The molecule has 0 aliphatic rings. The molecule has 0 spiro atoms. The first-order valence-corrected chi connectivity index (χ1v) is 7.05. The van der Waals surface area contributed by atoms with Crippen molar-refractivity contribution in [1.82, 2.24) is 0 Å². The Balaban J connectivity index is 2.42. The zero-order chi connectivity index (χ0) is 9.31. The Morgan fingerprint density at radius 2 is 1.00 bits per heavy atom. The van der Waals surface area contributed by atoms with Gasteiger partial charge in [0.25, 0.3) is 0 Å². The molecule has 2 aromatic heterocycles. The predicted octanol–water partition coefficient (Wildman–Crippen LogP) is 4.43. The molecule has 0 bridgehead atoms. The quantitative estimate of drug-likeness (QED) is 0.643. The third-order valence-electron chi connectivity index (χ3n) is 2.26. The van der Waals surface area contributed by atoms with Crippen molar-refractivity contribution in [3.8, 4) is 0 Å². The monoisotopic (exact) mass is 210 g/mol. The number of hydrogen-bond acceptors (Lipinski definition) is 0. The highest BCUT2D eigenvalue weighted by molar-refractivity contribution is 7.48. The van der Waals surface area contributed by atoms with Crippen LogP contribution in [-0.4, -0.2) is 0 Å². The molecule has 0 aliphatic heterocycles. The van der Waals surface area contributed by atoms with Crippen LogP contribution in [0.15, 0.2) is 45.8 Å². The molecule has 0 saturated carbocycles. The van der Waals surface area contributed by atoms with Crippen LogP contribution in [0.25, 0.3) is 0 Å². The fourth-order valence-electron chi connectivity index (χ4n) is 1.38. The second kappa shape index (κ2) is 3.28. The maximum absolute atomic E-state index is 2.36. The van der Waals surface area contributed by atoms with E-state index in [2.05, 4.69) is 59.6 Å². The van der Waals surface area contributed by atoms with Gasteiger partial charge >= 0.3 is 4.08 Å². The molecule has 2 rings (SSSR count). The molecule has 0 fully saturated rings. The van der Waals surface area contributed by atoms with Gasteiger partial charge in [-0.3, -0.25) is 0 Å². The van der Waals surface area contributed by atoms with E-state index < -0.39 is 0 Å².